The molecule has 3 aromatic heterocycles. The van der Waals surface area contributed by atoms with Crippen molar-refractivity contribution in [3.8, 4) is 11.9 Å². The zero-order valence-corrected chi connectivity index (χ0v) is 16.1. The van der Waals surface area contributed by atoms with E-state index in [0.717, 1.165) is 4.68 Å². The maximum absolute atomic E-state index is 13.6. The first-order chi connectivity index (χ1) is 15.0. The smallest absolute Gasteiger partial charge is 0.257 e. The SMILES string of the molecule is COc1nn(CC(F)F)cc1Nc1ncc2cnn(Cc3cc(F)ccc3C#N)c2n1. The van der Waals surface area contributed by atoms with Crippen LogP contribution in [0.4, 0.5) is 24.8 Å². The van der Waals surface area contributed by atoms with Crippen molar-refractivity contribution >= 4 is 22.7 Å². The lowest BCUT2D eigenvalue weighted by Crippen LogP contribution is -2.07. The Labute approximate surface area is 173 Å². The lowest BCUT2D eigenvalue weighted by atomic mass is 10.1. The van der Waals surface area contributed by atoms with Crippen LogP contribution in [-0.2, 0) is 13.1 Å². The Kier molecular flexibility index (Phi) is 5.40. The van der Waals surface area contributed by atoms with Crippen LogP contribution < -0.4 is 10.1 Å². The molecule has 0 radical (unpaired) electrons. The monoisotopic (exact) mass is 428 g/mol. The summed E-state index contributed by atoms with van der Waals surface area (Å²) in [6.07, 6.45) is 1.87. The first kappa shape index (κ1) is 20.1. The van der Waals surface area contributed by atoms with Gasteiger partial charge in [0.1, 0.15) is 18.0 Å². The molecule has 0 saturated heterocycles. The van der Waals surface area contributed by atoms with Gasteiger partial charge < -0.3 is 10.1 Å². The van der Waals surface area contributed by atoms with Crippen LogP contribution in [0, 0.1) is 17.1 Å². The Morgan fingerprint density at radius 3 is 2.87 bits per heavy atom. The molecular formula is C19H15F3N8O. The Bertz CT molecular complexity index is 1280. The predicted molar refractivity (Wildman–Crippen MR) is 104 cm³/mol. The molecule has 0 atom stereocenters. The molecule has 4 aromatic rings. The molecule has 0 saturated carbocycles. The number of hydrogen-bond acceptors (Lipinski definition) is 7. The number of fused-ring (bicyclic) bond motifs is 1. The number of halogens is 3. The number of anilines is 2. The van der Waals surface area contributed by atoms with Crippen LogP contribution >= 0.6 is 0 Å². The van der Waals surface area contributed by atoms with E-state index in [-0.39, 0.29) is 18.4 Å². The summed E-state index contributed by atoms with van der Waals surface area (Å²) >= 11 is 0. The summed E-state index contributed by atoms with van der Waals surface area (Å²) < 4.78 is 46.6. The number of nitriles is 1. The molecule has 3 heterocycles. The van der Waals surface area contributed by atoms with Crippen LogP contribution in [0.25, 0.3) is 11.0 Å². The van der Waals surface area contributed by atoms with E-state index in [1.807, 2.05) is 6.07 Å². The van der Waals surface area contributed by atoms with Crippen molar-refractivity contribution < 1.29 is 17.9 Å². The second-order valence-corrected chi connectivity index (χ2v) is 6.48. The Morgan fingerprint density at radius 2 is 2.13 bits per heavy atom. The van der Waals surface area contributed by atoms with Crippen LogP contribution in [-0.4, -0.2) is 43.1 Å². The standard InChI is InChI=1S/C19H15F3N8O/c1-31-18-15(9-29(28-18)10-16(21)22)26-19-24-6-13-7-25-30(17(13)27-19)8-12-4-14(20)3-2-11(12)5-23/h2-4,6-7,9,16H,8,10H2,1H3,(H,24,26,27). The summed E-state index contributed by atoms with van der Waals surface area (Å²) in [6.45, 7) is -0.462. The van der Waals surface area contributed by atoms with Crippen LogP contribution in [0.5, 0.6) is 5.88 Å². The van der Waals surface area contributed by atoms with Gasteiger partial charge in [0.25, 0.3) is 12.3 Å². The first-order valence-electron chi connectivity index (χ1n) is 9.00. The lowest BCUT2D eigenvalue weighted by Gasteiger charge is -2.07. The Morgan fingerprint density at radius 1 is 1.29 bits per heavy atom. The molecule has 0 fully saturated rings. The largest absolute Gasteiger partial charge is 0.478 e. The van der Waals surface area contributed by atoms with Crippen LogP contribution in [0.15, 0.2) is 36.8 Å². The van der Waals surface area contributed by atoms with E-state index in [0.29, 0.717) is 27.8 Å². The van der Waals surface area contributed by atoms with Crippen molar-refractivity contribution in [1.29, 1.82) is 5.26 Å². The average Bonchev–Trinajstić information content (AvgIpc) is 3.31. The molecule has 12 heteroatoms. The van der Waals surface area contributed by atoms with Gasteiger partial charge in [-0.25, -0.2) is 22.8 Å². The summed E-state index contributed by atoms with van der Waals surface area (Å²) in [5, 5.41) is 21.0. The van der Waals surface area contributed by atoms with Crippen molar-refractivity contribution in [2.24, 2.45) is 0 Å². The van der Waals surface area contributed by atoms with Gasteiger partial charge in [-0.15, -0.1) is 5.10 Å². The van der Waals surface area contributed by atoms with E-state index in [4.69, 9.17) is 4.74 Å². The van der Waals surface area contributed by atoms with Crippen LogP contribution in [0.3, 0.4) is 0 Å². The third-order valence-corrected chi connectivity index (χ3v) is 4.38. The second-order valence-electron chi connectivity index (χ2n) is 6.48. The van der Waals surface area contributed by atoms with Gasteiger partial charge in [-0.05, 0) is 23.8 Å². The summed E-state index contributed by atoms with van der Waals surface area (Å²) in [7, 11) is 1.37. The van der Waals surface area contributed by atoms with Gasteiger partial charge in [0.15, 0.2) is 5.65 Å². The predicted octanol–water partition coefficient (Wildman–Crippen LogP) is 3.10. The number of methoxy groups -OCH3 is 1. The summed E-state index contributed by atoms with van der Waals surface area (Å²) in [4.78, 5) is 8.60. The molecule has 4 rings (SSSR count). The second kappa shape index (κ2) is 8.31. The number of ether oxygens (including phenoxy) is 1. The maximum Gasteiger partial charge on any atom is 0.257 e. The number of aromatic nitrogens is 6. The molecule has 0 aliphatic heterocycles. The molecule has 0 spiro atoms. The fourth-order valence-electron chi connectivity index (χ4n) is 3.00. The minimum absolute atomic E-state index is 0.108. The summed E-state index contributed by atoms with van der Waals surface area (Å²) in [5.74, 6) is -0.199. The molecule has 9 nitrogen and oxygen atoms in total. The number of benzene rings is 1. The van der Waals surface area contributed by atoms with Gasteiger partial charge in [0.05, 0.1) is 43.1 Å². The minimum atomic E-state index is -2.57. The topological polar surface area (TPSA) is 106 Å². The Balaban J connectivity index is 1.64. The molecule has 1 N–H and O–H groups in total. The highest BCUT2D eigenvalue weighted by atomic mass is 19.3. The fraction of sp³-hybridized carbons (Fsp3) is 0.211. The zero-order valence-electron chi connectivity index (χ0n) is 16.1. The van der Waals surface area contributed by atoms with Crippen LogP contribution in [0.2, 0.25) is 0 Å². The molecular weight excluding hydrogens is 413 g/mol. The van der Waals surface area contributed by atoms with Gasteiger partial charge in [-0.1, -0.05) is 0 Å². The third kappa shape index (κ3) is 4.25. The van der Waals surface area contributed by atoms with Gasteiger partial charge >= 0.3 is 0 Å². The average molecular weight is 428 g/mol. The van der Waals surface area contributed by atoms with Crippen molar-refractivity contribution in [3.63, 3.8) is 0 Å². The molecule has 0 aliphatic rings. The number of rotatable bonds is 7. The minimum Gasteiger partial charge on any atom is -0.478 e. The molecule has 0 bridgehead atoms. The number of nitrogens with one attached hydrogen (secondary N) is 1. The highest BCUT2D eigenvalue weighted by Crippen LogP contribution is 2.26. The van der Waals surface area contributed by atoms with Crippen molar-refractivity contribution in [1.82, 2.24) is 29.5 Å². The Hall–Kier alpha value is -4.14. The molecule has 158 valence electrons. The van der Waals surface area contributed by atoms with E-state index in [1.54, 1.807) is 6.20 Å². The lowest BCUT2D eigenvalue weighted by molar-refractivity contribution is 0.121. The molecule has 0 aliphatic carbocycles. The van der Waals surface area contributed by atoms with E-state index in [2.05, 4.69) is 25.5 Å². The van der Waals surface area contributed by atoms with Gasteiger partial charge in [-0.2, -0.15) is 15.3 Å². The van der Waals surface area contributed by atoms with E-state index < -0.39 is 18.8 Å². The van der Waals surface area contributed by atoms with Gasteiger partial charge in [0.2, 0.25) is 5.95 Å². The molecule has 1 aromatic carbocycles. The fourth-order valence-corrected chi connectivity index (χ4v) is 3.00. The summed E-state index contributed by atoms with van der Waals surface area (Å²) in [5.41, 5.74) is 1.53. The molecule has 0 amide bonds. The van der Waals surface area contributed by atoms with E-state index in [9.17, 15) is 18.4 Å². The molecule has 31 heavy (non-hydrogen) atoms. The number of hydrogen-bond donors (Lipinski definition) is 1. The maximum atomic E-state index is 13.6. The van der Waals surface area contributed by atoms with Crippen molar-refractivity contribution in [2.75, 3.05) is 12.4 Å². The highest BCUT2D eigenvalue weighted by Gasteiger charge is 2.15. The zero-order chi connectivity index (χ0) is 22.0. The first-order valence-corrected chi connectivity index (χ1v) is 9.00. The summed E-state index contributed by atoms with van der Waals surface area (Å²) in [6, 6.07) is 5.92. The van der Waals surface area contributed by atoms with Crippen molar-refractivity contribution in [3.05, 3.63) is 53.7 Å². The van der Waals surface area contributed by atoms with Crippen LogP contribution in [0.1, 0.15) is 11.1 Å². The number of nitrogens with zero attached hydrogens (tertiary/aromatic N) is 7. The quantitative estimate of drug-likeness (QED) is 0.482. The van der Waals surface area contributed by atoms with Gasteiger partial charge in [0, 0.05) is 6.20 Å². The highest BCUT2D eigenvalue weighted by molar-refractivity contribution is 5.75. The number of alkyl halides is 2. The van der Waals surface area contributed by atoms with Crippen molar-refractivity contribution in [2.45, 2.75) is 19.5 Å². The van der Waals surface area contributed by atoms with E-state index in [1.165, 1.54) is 42.4 Å². The van der Waals surface area contributed by atoms with Gasteiger partial charge in [-0.3, -0.25) is 4.68 Å². The van der Waals surface area contributed by atoms with E-state index >= 15 is 0 Å². The third-order valence-electron chi connectivity index (χ3n) is 4.38. The normalized spacial score (nSPS) is 11.1. The molecule has 0 unspecified atom stereocenters.